The number of carboxylic acid groups (broad SMARTS) is 1. The van der Waals surface area contributed by atoms with Crippen molar-refractivity contribution in [2.24, 2.45) is 0 Å². The number of benzene rings is 1. The van der Waals surface area contributed by atoms with Gasteiger partial charge in [0.25, 0.3) is 0 Å². The van der Waals surface area contributed by atoms with Crippen LogP contribution < -0.4 is 9.64 Å². The highest BCUT2D eigenvalue weighted by atomic mass is 32.1. The van der Waals surface area contributed by atoms with E-state index in [4.69, 9.17) is 9.84 Å². The first-order chi connectivity index (χ1) is 9.15. The largest absolute Gasteiger partial charge is 0.494 e. The molecule has 1 aromatic heterocycles. The summed E-state index contributed by atoms with van der Waals surface area (Å²) in [6.07, 6.45) is -0.0294. The van der Waals surface area contributed by atoms with Crippen molar-refractivity contribution in [3.05, 3.63) is 18.2 Å². The summed E-state index contributed by atoms with van der Waals surface area (Å²) in [5.41, 5.74) is 0.795. The van der Waals surface area contributed by atoms with Crippen LogP contribution in [0.25, 0.3) is 10.2 Å². The van der Waals surface area contributed by atoms with E-state index < -0.39 is 6.09 Å². The van der Waals surface area contributed by atoms with Gasteiger partial charge in [0.1, 0.15) is 5.75 Å². The lowest BCUT2D eigenvalue weighted by Gasteiger charge is -2.11. The van der Waals surface area contributed by atoms with Gasteiger partial charge in [0, 0.05) is 6.54 Å². The zero-order chi connectivity index (χ0) is 13.8. The highest BCUT2D eigenvalue weighted by Gasteiger charge is 2.16. The summed E-state index contributed by atoms with van der Waals surface area (Å²) in [6, 6.07) is 5.62. The maximum Gasteiger partial charge on any atom is 0.413 e. The molecule has 6 heteroatoms. The predicted octanol–water partition coefficient (Wildman–Crippen LogP) is 3.59. The Bertz CT molecular complexity index is 582. The molecule has 19 heavy (non-hydrogen) atoms. The smallest absolute Gasteiger partial charge is 0.413 e. The van der Waals surface area contributed by atoms with E-state index in [9.17, 15) is 4.79 Å². The van der Waals surface area contributed by atoms with Crippen LogP contribution >= 0.6 is 11.3 Å². The summed E-state index contributed by atoms with van der Waals surface area (Å²) in [5, 5.41) is 9.59. The molecule has 0 saturated carbocycles. The monoisotopic (exact) mass is 280 g/mol. The Hall–Kier alpha value is -1.82. The minimum Gasteiger partial charge on any atom is -0.494 e. The van der Waals surface area contributed by atoms with Crippen molar-refractivity contribution >= 4 is 32.8 Å². The SMILES string of the molecule is CCCOc1ccc2nc(N(CC)C(=O)O)sc2c1. The molecule has 0 spiro atoms. The first kappa shape index (κ1) is 13.6. The number of aromatic nitrogens is 1. The average Bonchev–Trinajstić information content (AvgIpc) is 2.79. The number of carbonyl (C=O) groups is 1. The van der Waals surface area contributed by atoms with Gasteiger partial charge in [0.2, 0.25) is 0 Å². The molecular weight excluding hydrogens is 264 g/mol. The Morgan fingerprint density at radius 3 is 2.89 bits per heavy atom. The number of anilines is 1. The van der Waals surface area contributed by atoms with Gasteiger partial charge in [-0.15, -0.1) is 0 Å². The van der Waals surface area contributed by atoms with Crippen LogP contribution in [0, 0.1) is 0 Å². The van der Waals surface area contributed by atoms with Crippen molar-refractivity contribution in [2.45, 2.75) is 20.3 Å². The summed E-state index contributed by atoms with van der Waals surface area (Å²) >= 11 is 1.36. The Morgan fingerprint density at radius 2 is 2.26 bits per heavy atom. The Kier molecular flexibility index (Phi) is 4.21. The van der Waals surface area contributed by atoms with E-state index in [1.54, 1.807) is 6.92 Å². The number of fused-ring (bicyclic) bond motifs is 1. The van der Waals surface area contributed by atoms with Gasteiger partial charge in [-0.3, -0.25) is 4.90 Å². The predicted molar refractivity (Wildman–Crippen MR) is 76.5 cm³/mol. The van der Waals surface area contributed by atoms with Crippen molar-refractivity contribution in [1.82, 2.24) is 4.98 Å². The molecule has 1 N–H and O–H groups in total. The molecule has 1 heterocycles. The molecule has 102 valence electrons. The van der Waals surface area contributed by atoms with Crippen LogP contribution in [-0.4, -0.2) is 29.3 Å². The summed E-state index contributed by atoms with van der Waals surface area (Å²) in [6.45, 7) is 4.90. The molecule has 2 rings (SSSR count). The van der Waals surface area contributed by atoms with Crippen LogP contribution in [0.15, 0.2) is 18.2 Å². The van der Waals surface area contributed by atoms with E-state index in [1.807, 2.05) is 18.2 Å². The van der Waals surface area contributed by atoms with Crippen LogP contribution in [0.3, 0.4) is 0 Å². The fraction of sp³-hybridized carbons (Fsp3) is 0.385. The zero-order valence-electron chi connectivity index (χ0n) is 10.9. The number of hydrogen-bond donors (Lipinski definition) is 1. The number of hydrogen-bond acceptors (Lipinski definition) is 4. The van der Waals surface area contributed by atoms with Crippen LogP contribution in [0.1, 0.15) is 20.3 Å². The molecular formula is C13H16N2O3S. The second-order valence-corrected chi connectivity index (χ2v) is 5.01. The summed E-state index contributed by atoms with van der Waals surface area (Å²) < 4.78 is 6.49. The molecule has 0 fully saturated rings. The van der Waals surface area contributed by atoms with Gasteiger partial charge in [0.05, 0.1) is 16.8 Å². The molecule has 0 aliphatic rings. The van der Waals surface area contributed by atoms with E-state index >= 15 is 0 Å². The zero-order valence-corrected chi connectivity index (χ0v) is 11.7. The van der Waals surface area contributed by atoms with Crippen molar-refractivity contribution in [1.29, 1.82) is 0 Å². The molecule has 0 saturated heterocycles. The van der Waals surface area contributed by atoms with E-state index in [0.29, 0.717) is 18.3 Å². The van der Waals surface area contributed by atoms with Gasteiger partial charge < -0.3 is 9.84 Å². The summed E-state index contributed by atoms with van der Waals surface area (Å²) in [5.74, 6) is 0.794. The average molecular weight is 280 g/mol. The minimum absolute atomic E-state index is 0.383. The topological polar surface area (TPSA) is 62.7 Å². The fourth-order valence-electron chi connectivity index (χ4n) is 1.67. The second-order valence-electron chi connectivity index (χ2n) is 4.00. The van der Waals surface area contributed by atoms with E-state index in [2.05, 4.69) is 11.9 Å². The first-order valence-corrected chi connectivity index (χ1v) is 7.01. The second kappa shape index (κ2) is 5.88. The van der Waals surface area contributed by atoms with Gasteiger partial charge >= 0.3 is 6.09 Å². The molecule has 2 aromatic rings. The molecule has 1 amide bonds. The Balaban J connectivity index is 2.32. The lowest BCUT2D eigenvalue weighted by atomic mass is 10.3. The first-order valence-electron chi connectivity index (χ1n) is 6.19. The van der Waals surface area contributed by atoms with Crippen LogP contribution in [-0.2, 0) is 0 Å². The standard InChI is InChI=1S/C13H16N2O3S/c1-3-7-18-9-5-6-10-11(8-9)19-12(14-10)15(4-2)13(16)17/h5-6,8H,3-4,7H2,1-2H3,(H,16,17). The molecule has 0 aliphatic heterocycles. The van der Waals surface area contributed by atoms with Crippen LogP contribution in [0.2, 0.25) is 0 Å². The van der Waals surface area contributed by atoms with Crippen molar-refractivity contribution in [3.8, 4) is 5.75 Å². The normalized spacial score (nSPS) is 10.6. The summed E-state index contributed by atoms with van der Waals surface area (Å²) in [7, 11) is 0. The minimum atomic E-state index is -0.982. The molecule has 5 nitrogen and oxygen atoms in total. The van der Waals surface area contributed by atoms with Crippen molar-refractivity contribution in [2.75, 3.05) is 18.1 Å². The van der Waals surface area contributed by atoms with Gasteiger partial charge in [0.15, 0.2) is 5.13 Å². The molecule has 1 aromatic carbocycles. The summed E-state index contributed by atoms with van der Waals surface area (Å²) in [4.78, 5) is 16.7. The number of thiazole rings is 1. The lowest BCUT2D eigenvalue weighted by molar-refractivity contribution is 0.202. The highest BCUT2D eigenvalue weighted by Crippen LogP contribution is 2.31. The maximum absolute atomic E-state index is 11.1. The fourth-order valence-corrected chi connectivity index (χ4v) is 2.72. The maximum atomic E-state index is 11.1. The quantitative estimate of drug-likeness (QED) is 0.909. The molecule has 0 aliphatic carbocycles. The number of nitrogens with zero attached hydrogens (tertiary/aromatic N) is 2. The van der Waals surface area contributed by atoms with Gasteiger partial charge in [-0.05, 0) is 31.5 Å². The van der Waals surface area contributed by atoms with Gasteiger partial charge in [-0.25, -0.2) is 9.78 Å². The third-order valence-corrected chi connectivity index (χ3v) is 3.64. The third kappa shape index (κ3) is 2.96. The third-order valence-electron chi connectivity index (χ3n) is 2.60. The Labute approximate surface area is 115 Å². The van der Waals surface area contributed by atoms with Crippen molar-refractivity contribution in [3.63, 3.8) is 0 Å². The van der Waals surface area contributed by atoms with Crippen LogP contribution in [0.4, 0.5) is 9.93 Å². The number of amides is 1. The molecule has 0 unspecified atom stereocenters. The van der Waals surface area contributed by atoms with Crippen molar-refractivity contribution < 1.29 is 14.6 Å². The molecule has 0 bridgehead atoms. The van der Waals surface area contributed by atoms with Gasteiger partial charge in [-0.2, -0.15) is 0 Å². The van der Waals surface area contributed by atoms with Gasteiger partial charge in [-0.1, -0.05) is 18.3 Å². The van der Waals surface area contributed by atoms with E-state index in [-0.39, 0.29) is 0 Å². The number of ether oxygens (including phenoxy) is 1. The molecule has 0 atom stereocenters. The lowest BCUT2D eigenvalue weighted by Crippen LogP contribution is -2.28. The van der Waals surface area contributed by atoms with E-state index in [0.717, 1.165) is 22.4 Å². The Morgan fingerprint density at radius 1 is 1.47 bits per heavy atom. The van der Waals surface area contributed by atoms with Crippen LogP contribution in [0.5, 0.6) is 5.75 Å². The molecule has 0 radical (unpaired) electrons. The number of rotatable bonds is 5. The highest BCUT2D eigenvalue weighted by molar-refractivity contribution is 7.22. The van der Waals surface area contributed by atoms with E-state index in [1.165, 1.54) is 16.2 Å².